The van der Waals surface area contributed by atoms with E-state index in [0.717, 1.165) is 30.9 Å². The highest BCUT2D eigenvalue weighted by Gasteiger charge is 1.99. The predicted molar refractivity (Wildman–Crippen MR) is 72.4 cm³/mol. The molecule has 0 spiro atoms. The first kappa shape index (κ1) is 13.7. The molecule has 0 saturated heterocycles. The minimum atomic E-state index is 0.645. The summed E-state index contributed by atoms with van der Waals surface area (Å²) < 4.78 is 0. The lowest BCUT2D eigenvalue weighted by Crippen LogP contribution is -2.26. The molecule has 17 heavy (non-hydrogen) atoms. The number of oxime groups is 1. The highest BCUT2D eigenvalue weighted by molar-refractivity contribution is 5.98. The van der Waals surface area contributed by atoms with Gasteiger partial charge in [-0.1, -0.05) is 49.3 Å². The normalized spacial score (nSPS) is 11.9. The van der Waals surface area contributed by atoms with Gasteiger partial charge in [0.2, 0.25) is 0 Å². The van der Waals surface area contributed by atoms with Gasteiger partial charge in [-0.25, -0.2) is 0 Å². The molecule has 0 atom stereocenters. The molecule has 3 nitrogen and oxygen atoms in total. The van der Waals surface area contributed by atoms with Crippen molar-refractivity contribution >= 4 is 5.71 Å². The molecule has 0 aliphatic rings. The molecule has 0 bridgehead atoms. The van der Waals surface area contributed by atoms with E-state index in [0.29, 0.717) is 6.61 Å². The number of hydrogen-bond donors (Lipinski definition) is 0. The molecule has 1 rings (SSSR count). The van der Waals surface area contributed by atoms with Gasteiger partial charge in [-0.3, -0.25) is 0 Å². The number of nitrogens with zero attached hydrogens (tertiary/aromatic N) is 2. The van der Waals surface area contributed by atoms with E-state index in [9.17, 15) is 0 Å². The average molecular weight is 234 g/mol. The summed E-state index contributed by atoms with van der Waals surface area (Å²) >= 11 is 0. The molecule has 0 N–H and O–H groups in total. The van der Waals surface area contributed by atoms with Crippen LogP contribution in [0.15, 0.2) is 35.5 Å². The van der Waals surface area contributed by atoms with Crippen molar-refractivity contribution < 1.29 is 4.84 Å². The molecular formula is C14H22N2O. The highest BCUT2D eigenvalue weighted by atomic mass is 16.6. The summed E-state index contributed by atoms with van der Waals surface area (Å²) in [6.45, 7) is 9.96. The van der Waals surface area contributed by atoms with Gasteiger partial charge in [0.05, 0.1) is 5.71 Å². The minimum absolute atomic E-state index is 0.645. The Morgan fingerprint density at radius 3 is 2.41 bits per heavy atom. The van der Waals surface area contributed by atoms with Crippen LogP contribution in [0.3, 0.4) is 0 Å². The summed E-state index contributed by atoms with van der Waals surface area (Å²) in [4.78, 5) is 7.64. The molecule has 0 amide bonds. The molecular weight excluding hydrogens is 212 g/mol. The molecule has 1 aromatic rings. The van der Waals surface area contributed by atoms with Crippen LogP contribution in [0.25, 0.3) is 0 Å². The molecule has 0 fully saturated rings. The molecule has 0 aliphatic heterocycles. The lowest BCUT2D eigenvalue weighted by atomic mass is 10.1. The third-order valence-corrected chi connectivity index (χ3v) is 2.79. The average Bonchev–Trinajstić information content (AvgIpc) is 2.40. The van der Waals surface area contributed by atoms with Crippen LogP contribution in [0.5, 0.6) is 0 Å². The van der Waals surface area contributed by atoms with E-state index >= 15 is 0 Å². The third kappa shape index (κ3) is 5.00. The minimum Gasteiger partial charge on any atom is -0.394 e. The van der Waals surface area contributed by atoms with Crippen molar-refractivity contribution in [2.24, 2.45) is 5.16 Å². The fourth-order valence-electron chi connectivity index (χ4n) is 1.58. The fraction of sp³-hybridized carbons (Fsp3) is 0.500. The monoisotopic (exact) mass is 234 g/mol. The van der Waals surface area contributed by atoms with Crippen LogP contribution in [-0.4, -0.2) is 36.9 Å². The lowest BCUT2D eigenvalue weighted by molar-refractivity contribution is 0.114. The summed E-state index contributed by atoms with van der Waals surface area (Å²) in [6.07, 6.45) is 0. The zero-order chi connectivity index (χ0) is 12.5. The number of benzene rings is 1. The molecule has 0 heterocycles. The van der Waals surface area contributed by atoms with Crippen molar-refractivity contribution in [3.63, 3.8) is 0 Å². The van der Waals surface area contributed by atoms with Gasteiger partial charge in [0.1, 0.15) is 6.61 Å². The first-order valence-electron chi connectivity index (χ1n) is 6.22. The van der Waals surface area contributed by atoms with Crippen molar-refractivity contribution in [2.45, 2.75) is 20.8 Å². The summed E-state index contributed by atoms with van der Waals surface area (Å²) in [7, 11) is 0. The van der Waals surface area contributed by atoms with Gasteiger partial charge in [-0.2, -0.15) is 0 Å². The van der Waals surface area contributed by atoms with Gasteiger partial charge >= 0.3 is 0 Å². The van der Waals surface area contributed by atoms with E-state index in [1.807, 2.05) is 37.3 Å². The van der Waals surface area contributed by atoms with Crippen LogP contribution in [-0.2, 0) is 4.84 Å². The van der Waals surface area contributed by atoms with E-state index in [-0.39, 0.29) is 0 Å². The fourth-order valence-corrected chi connectivity index (χ4v) is 1.58. The van der Waals surface area contributed by atoms with Crippen LogP contribution in [0.1, 0.15) is 26.3 Å². The molecule has 1 aromatic carbocycles. The molecule has 0 aromatic heterocycles. The van der Waals surface area contributed by atoms with E-state index in [1.54, 1.807) is 0 Å². The SMILES string of the molecule is CCN(CC)CCO/N=C(\C)c1ccccc1. The van der Waals surface area contributed by atoms with E-state index in [4.69, 9.17) is 4.84 Å². The second-order valence-corrected chi connectivity index (χ2v) is 3.90. The Labute approximate surface area is 104 Å². The molecule has 0 saturated carbocycles. The van der Waals surface area contributed by atoms with Crippen molar-refractivity contribution in [2.75, 3.05) is 26.2 Å². The van der Waals surface area contributed by atoms with Crippen LogP contribution in [0, 0.1) is 0 Å². The third-order valence-electron chi connectivity index (χ3n) is 2.79. The Hall–Kier alpha value is -1.35. The van der Waals surface area contributed by atoms with Crippen molar-refractivity contribution in [3.8, 4) is 0 Å². The number of hydrogen-bond acceptors (Lipinski definition) is 3. The Kier molecular flexibility index (Phi) is 6.33. The molecule has 0 radical (unpaired) electrons. The Morgan fingerprint density at radius 2 is 1.82 bits per heavy atom. The zero-order valence-corrected chi connectivity index (χ0v) is 11.0. The topological polar surface area (TPSA) is 24.8 Å². The zero-order valence-electron chi connectivity index (χ0n) is 11.0. The first-order valence-corrected chi connectivity index (χ1v) is 6.22. The summed E-state index contributed by atoms with van der Waals surface area (Å²) in [5, 5.41) is 4.12. The van der Waals surface area contributed by atoms with Crippen LogP contribution in [0.4, 0.5) is 0 Å². The first-order chi connectivity index (χ1) is 8.27. The summed E-state index contributed by atoms with van der Waals surface area (Å²) in [6, 6.07) is 10.1. The molecule has 94 valence electrons. The van der Waals surface area contributed by atoms with Crippen LogP contribution < -0.4 is 0 Å². The van der Waals surface area contributed by atoms with Crippen molar-refractivity contribution in [1.82, 2.24) is 4.90 Å². The number of likely N-dealkylation sites (N-methyl/N-ethyl adjacent to an activating group) is 1. The number of rotatable bonds is 7. The van der Waals surface area contributed by atoms with E-state index < -0.39 is 0 Å². The van der Waals surface area contributed by atoms with E-state index in [2.05, 4.69) is 23.9 Å². The van der Waals surface area contributed by atoms with E-state index in [1.165, 1.54) is 0 Å². The Balaban J connectivity index is 2.34. The van der Waals surface area contributed by atoms with Crippen LogP contribution in [0.2, 0.25) is 0 Å². The summed E-state index contributed by atoms with van der Waals surface area (Å²) in [5.74, 6) is 0. The van der Waals surface area contributed by atoms with Gasteiger partial charge in [0.25, 0.3) is 0 Å². The van der Waals surface area contributed by atoms with Gasteiger partial charge in [0.15, 0.2) is 0 Å². The van der Waals surface area contributed by atoms with Gasteiger partial charge in [-0.15, -0.1) is 0 Å². The quantitative estimate of drug-likeness (QED) is 0.412. The molecule has 3 heteroatoms. The Bertz CT molecular complexity index is 331. The Morgan fingerprint density at radius 1 is 1.18 bits per heavy atom. The van der Waals surface area contributed by atoms with Crippen molar-refractivity contribution in [3.05, 3.63) is 35.9 Å². The lowest BCUT2D eigenvalue weighted by Gasteiger charge is -2.16. The van der Waals surface area contributed by atoms with Gasteiger partial charge in [0, 0.05) is 6.54 Å². The second kappa shape index (κ2) is 7.85. The predicted octanol–water partition coefficient (Wildman–Crippen LogP) is 2.77. The smallest absolute Gasteiger partial charge is 0.129 e. The van der Waals surface area contributed by atoms with Crippen molar-refractivity contribution in [1.29, 1.82) is 0 Å². The second-order valence-electron chi connectivity index (χ2n) is 3.90. The maximum atomic E-state index is 5.33. The van der Waals surface area contributed by atoms with Gasteiger partial charge < -0.3 is 9.74 Å². The van der Waals surface area contributed by atoms with Crippen LogP contribution >= 0.6 is 0 Å². The molecule has 0 unspecified atom stereocenters. The standard InChI is InChI=1S/C14H22N2O/c1-4-16(5-2)11-12-17-15-13(3)14-9-7-6-8-10-14/h6-10H,4-5,11-12H2,1-3H3/b15-13+. The summed E-state index contributed by atoms with van der Waals surface area (Å²) in [5.41, 5.74) is 2.03. The highest BCUT2D eigenvalue weighted by Crippen LogP contribution is 2.01. The van der Waals surface area contributed by atoms with Gasteiger partial charge in [-0.05, 0) is 25.6 Å². The largest absolute Gasteiger partial charge is 0.394 e. The molecule has 0 aliphatic carbocycles. The maximum absolute atomic E-state index is 5.33. The maximum Gasteiger partial charge on any atom is 0.129 e.